The molecule has 1 aromatic heterocycles. The number of carbonyl (C=O) groups excluding carboxylic acids is 2. The highest BCUT2D eigenvalue weighted by Gasteiger charge is 2.34. The summed E-state index contributed by atoms with van der Waals surface area (Å²) in [5.41, 5.74) is -0.0989. The number of ether oxygens (including phenoxy) is 3. The van der Waals surface area contributed by atoms with Crippen molar-refractivity contribution in [2.24, 2.45) is 5.92 Å². The summed E-state index contributed by atoms with van der Waals surface area (Å²) >= 11 is 0. The van der Waals surface area contributed by atoms with E-state index in [1.165, 1.54) is 19.4 Å². The summed E-state index contributed by atoms with van der Waals surface area (Å²) in [5.74, 6) is 0.159. The van der Waals surface area contributed by atoms with E-state index in [1.54, 1.807) is 11.0 Å². The first-order valence-electron chi connectivity index (χ1n) is 7.43. The third kappa shape index (κ3) is 4.84. The van der Waals surface area contributed by atoms with Crippen molar-refractivity contribution >= 4 is 12.1 Å². The zero-order chi connectivity index (χ0) is 17.0. The average molecular weight is 322 g/mol. The van der Waals surface area contributed by atoms with Gasteiger partial charge in [-0.2, -0.15) is 0 Å². The standard InChI is InChI=1S/C16H22N2O5/c1-16(2,3)23-15(20)18-8-11(9-18)10-22-13-7-12(5-6-17-13)14(19)21-4/h5-7,11H,8-10H2,1-4H3. The van der Waals surface area contributed by atoms with E-state index >= 15 is 0 Å². The van der Waals surface area contributed by atoms with Crippen LogP contribution in [0, 0.1) is 5.92 Å². The van der Waals surface area contributed by atoms with Crippen molar-refractivity contribution in [3.05, 3.63) is 23.9 Å². The summed E-state index contributed by atoms with van der Waals surface area (Å²) in [4.78, 5) is 28.9. The number of pyridine rings is 1. The monoisotopic (exact) mass is 322 g/mol. The maximum atomic E-state index is 11.8. The lowest BCUT2D eigenvalue weighted by Gasteiger charge is -2.39. The molecule has 2 heterocycles. The van der Waals surface area contributed by atoms with E-state index < -0.39 is 11.6 Å². The molecule has 1 saturated heterocycles. The van der Waals surface area contributed by atoms with E-state index in [4.69, 9.17) is 9.47 Å². The van der Waals surface area contributed by atoms with Gasteiger partial charge in [-0.3, -0.25) is 0 Å². The first-order chi connectivity index (χ1) is 10.8. The van der Waals surface area contributed by atoms with E-state index in [2.05, 4.69) is 9.72 Å². The van der Waals surface area contributed by atoms with Crippen LogP contribution >= 0.6 is 0 Å². The highest BCUT2D eigenvalue weighted by atomic mass is 16.6. The third-order valence-corrected chi connectivity index (χ3v) is 3.23. The molecule has 0 aliphatic carbocycles. The number of carbonyl (C=O) groups is 2. The van der Waals surface area contributed by atoms with Crippen molar-refractivity contribution in [3.8, 4) is 5.88 Å². The van der Waals surface area contributed by atoms with Crippen molar-refractivity contribution in [2.45, 2.75) is 26.4 Å². The van der Waals surface area contributed by atoms with Crippen LogP contribution in [0.1, 0.15) is 31.1 Å². The molecular weight excluding hydrogens is 300 g/mol. The van der Waals surface area contributed by atoms with Gasteiger partial charge in [0.05, 0.1) is 19.3 Å². The van der Waals surface area contributed by atoms with Gasteiger partial charge in [-0.15, -0.1) is 0 Å². The SMILES string of the molecule is COC(=O)c1ccnc(OCC2CN(C(=O)OC(C)(C)C)C2)c1. The fraction of sp³-hybridized carbons (Fsp3) is 0.562. The second-order valence-corrected chi connectivity index (χ2v) is 6.44. The lowest BCUT2D eigenvalue weighted by molar-refractivity contribution is -0.00811. The van der Waals surface area contributed by atoms with E-state index in [0.29, 0.717) is 31.1 Å². The molecule has 0 spiro atoms. The van der Waals surface area contributed by atoms with Gasteiger partial charge in [-0.05, 0) is 26.8 Å². The predicted octanol–water partition coefficient (Wildman–Crippen LogP) is 2.11. The van der Waals surface area contributed by atoms with Gasteiger partial charge < -0.3 is 19.1 Å². The molecule has 0 unspecified atom stereocenters. The van der Waals surface area contributed by atoms with Gasteiger partial charge in [-0.1, -0.05) is 0 Å². The fourth-order valence-electron chi connectivity index (χ4n) is 2.09. The van der Waals surface area contributed by atoms with E-state index in [-0.39, 0.29) is 12.0 Å². The summed E-state index contributed by atoms with van der Waals surface area (Å²) in [6.45, 7) is 7.12. The molecule has 1 fully saturated rings. The number of methoxy groups -OCH3 is 1. The number of amides is 1. The van der Waals surface area contributed by atoms with Crippen molar-refractivity contribution in [1.29, 1.82) is 0 Å². The Labute approximate surface area is 135 Å². The summed E-state index contributed by atoms with van der Waals surface area (Å²) in [7, 11) is 1.32. The Balaban J connectivity index is 1.77. The Kier molecular flexibility index (Phi) is 5.08. The van der Waals surface area contributed by atoms with Gasteiger partial charge in [0, 0.05) is 31.3 Å². The molecule has 0 bridgehead atoms. The average Bonchev–Trinajstić information content (AvgIpc) is 2.43. The second kappa shape index (κ2) is 6.85. The Morgan fingerprint density at radius 3 is 2.65 bits per heavy atom. The predicted molar refractivity (Wildman–Crippen MR) is 82.4 cm³/mol. The van der Waals surface area contributed by atoms with Crippen molar-refractivity contribution in [1.82, 2.24) is 9.88 Å². The first-order valence-corrected chi connectivity index (χ1v) is 7.43. The van der Waals surface area contributed by atoms with Crippen LogP contribution in [0.5, 0.6) is 5.88 Å². The number of hydrogen-bond donors (Lipinski definition) is 0. The van der Waals surface area contributed by atoms with Crippen LogP contribution in [0.15, 0.2) is 18.3 Å². The van der Waals surface area contributed by atoms with E-state index in [1.807, 2.05) is 20.8 Å². The highest BCUT2D eigenvalue weighted by Crippen LogP contribution is 2.20. The number of hydrogen-bond acceptors (Lipinski definition) is 6. The summed E-state index contributed by atoms with van der Waals surface area (Å²) < 4.78 is 15.5. The minimum absolute atomic E-state index is 0.228. The van der Waals surface area contributed by atoms with Gasteiger partial charge in [0.15, 0.2) is 0 Å². The smallest absolute Gasteiger partial charge is 0.410 e. The molecule has 1 amide bonds. The number of likely N-dealkylation sites (tertiary alicyclic amines) is 1. The van der Waals surface area contributed by atoms with Crippen molar-refractivity contribution < 1.29 is 23.8 Å². The summed E-state index contributed by atoms with van der Waals surface area (Å²) in [6, 6.07) is 3.10. The molecular formula is C16H22N2O5. The molecule has 23 heavy (non-hydrogen) atoms. The second-order valence-electron chi connectivity index (χ2n) is 6.44. The summed E-state index contributed by atoms with van der Waals surface area (Å²) in [5, 5.41) is 0. The molecule has 1 aliphatic rings. The molecule has 0 aromatic carbocycles. The quantitative estimate of drug-likeness (QED) is 0.790. The van der Waals surface area contributed by atoms with Crippen LogP contribution in [0.3, 0.4) is 0 Å². The number of nitrogens with zero attached hydrogens (tertiary/aromatic N) is 2. The van der Waals surface area contributed by atoms with Crippen LogP contribution in [0.4, 0.5) is 4.79 Å². The molecule has 1 aliphatic heterocycles. The van der Waals surface area contributed by atoms with Gasteiger partial charge in [0.25, 0.3) is 0 Å². The Bertz CT molecular complexity index is 576. The fourth-order valence-corrected chi connectivity index (χ4v) is 2.09. The van der Waals surface area contributed by atoms with Crippen LogP contribution in [0.25, 0.3) is 0 Å². The molecule has 126 valence electrons. The zero-order valence-corrected chi connectivity index (χ0v) is 13.9. The maximum absolute atomic E-state index is 11.8. The van der Waals surface area contributed by atoms with E-state index in [9.17, 15) is 9.59 Å². The van der Waals surface area contributed by atoms with Crippen molar-refractivity contribution in [2.75, 3.05) is 26.8 Å². The topological polar surface area (TPSA) is 78.0 Å². The Hall–Kier alpha value is -2.31. The third-order valence-electron chi connectivity index (χ3n) is 3.23. The number of aromatic nitrogens is 1. The van der Waals surface area contributed by atoms with Crippen molar-refractivity contribution in [3.63, 3.8) is 0 Å². The lowest BCUT2D eigenvalue weighted by Crippen LogP contribution is -2.53. The van der Waals surface area contributed by atoms with Crippen LogP contribution < -0.4 is 4.74 Å². The Morgan fingerprint density at radius 1 is 1.35 bits per heavy atom. The molecule has 2 rings (SSSR count). The summed E-state index contributed by atoms with van der Waals surface area (Å²) in [6.07, 6.45) is 1.19. The van der Waals surface area contributed by atoms with Crippen LogP contribution in [-0.4, -0.2) is 54.4 Å². The highest BCUT2D eigenvalue weighted by molar-refractivity contribution is 5.89. The minimum Gasteiger partial charge on any atom is -0.477 e. The number of esters is 1. The maximum Gasteiger partial charge on any atom is 0.410 e. The van der Waals surface area contributed by atoms with Gasteiger partial charge >= 0.3 is 12.1 Å². The molecule has 7 nitrogen and oxygen atoms in total. The van der Waals surface area contributed by atoms with Gasteiger partial charge in [-0.25, -0.2) is 14.6 Å². The molecule has 1 aromatic rings. The van der Waals surface area contributed by atoms with Gasteiger partial charge in [0.1, 0.15) is 5.60 Å². The lowest BCUT2D eigenvalue weighted by atomic mass is 10.0. The van der Waals surface area contributed by atoms with E-state index in [0.717, 1.165) is 0 Å². The Morgan fingerprint density at radius 2 is 2.04 bits per heavy atom. The molecule has 0 N–H and O–H groups in total. The molecule has 0 atom stereocenters. The molecule has 0 saturated carbocycles. The van der Waals surface area contributed by atoms with Crippen LogP contribution in [-0.2, 0) is 9.47 Å². The molecule has 7 heteroatoms. The van der Waals surface area contributed by atoms with Gasteiger partial charge in [0.2, 0.25) is 5.88 Å². The molecule has 0 radical (unpaired) electrons. The zero-order valence-electron chi connectivity index (χ0n) is 13.9. The minimum atomic E-state index is -0.489. The number of rotatable bonds is 4. The van der Waals surface area contributed by atoms with Crippen LogP contribution in [0.2, 0.25) is 0 Å². The first kappa shape index (κ1) is 17.1. The largest absolute Gasteiger partial charge is 0.477 e. The normalized spacial score (nSPS) is 14.9.